The number of anilines is 1. The molecule has 0 aliphatic heterocycles. The molecular weight excluding hydrogens is 243 g/mol. The van der Waals surface area contributed by atoms with Gasteiger partial charge in [-0.3, -0.25) is 4.98 Å². The van der Waals surface area contributed by atoms with Crippen LogP contribution in [-0.4, -0.2) is 4.98 Å². The summed E-state index contributed by atoms with van der Waals surface area (Å²) >= 11 is 0. The van der Waals surface area contributed by atoms with Crippen molar-refractivity contribution in [1.29, 1.82) is 0 Å². The first-order chi connectivity index (χ1) is 9.01. The zero-order valence-electron chi connectivity index (χ0n) is 11.3. The molecule has 0 atom stereocenters. The highest BCUT2D eigenvalue weighted by Gasteiger charge is 2.10. The van der Waals surface area contributed by atoms with E-state index in [4.69, 9.17) is 10.5 Å². The molecule has 4 heteroatoms. The number of pyridine rings is 1. The van der Waals surface area contributed by atoms with E-state index in [0.717, 1.165) is 17.8 Å². The predicted octanol–water partition coefficient (Wildman–Crippen LogP) is 3.77. The summed E-state index contributed by atoms with van der Waals surface area (Å²) in [6.07, 6.45) is 0.761. The second kappa shape index (κ2) is 5.26. The van der Waals surface area contributed by atoms with E-state index in [9.17, 15) is 4.39 Å². The molecule has 3 nitrogen and oxygen atoms in total. The van der Waals surface area contributed by atoms with Crippen molar-refractivity contribution in [3.8, 4) is 11.5 Å². The van der Waals surface area contributed by atoms with Crippen molar-refractivity contribution in [2.75, 3.05) is 5.73 Å². The number of benzene rings is 1. The summed E-state index contributed by atoms with van der Waals surface area (Å²) in [6.45, 7) is 5.61. The number of nitrogens with zero attached hydrogens (tertiary/aromatic N) is 1. The first-order valence-corrected chi connectivity index (χ1v) is 6.21. The van der Waals surface area contributed by atoms with Crippen LogP contribution in [0.4, 0.5) is 10.1 Å². The Kier molecular flexibility index (Phi) is 3.69. The van der Waals surface area contributed by atoms with Crippen LogP contribution in [0.1, 0.15) is 23.9 Å². The van der Waals surface area contributed by atoms with Crippen LogP contribution < -0.4 is 10.5 Å². The number of hydrogen-bond acceptors (Lipinski definition) is 3. The fourth-order valence-corrected chi connectivity index (χ4v) is 1.82. The van der Waals surface area contributed by atoms with Crippen molar-refractivity contribution < 1.29 is 9.13 Å². The summed E-state index contributed by atoms with van der Waals surface area (Å²) < 4.78 is 19.1. The van der Waals surface area contributed by atoms with Gasteiger partial charge in [0.25, 0.3) is 0 Å². The fourth-order valence-electron chi connectivity index (χ4n) is 1.82. The first kappa shape index (κ1) is 13.3. The summed E-state index contributed by atoms with van der Waals surface area (Å²) in [4.78, 5) is 4.42. The van der Waals surface area contributed by atoms with Crippen molar-refractivity contribution in [1.82, 2.24) is 4.98 Å². The number of hydrogen-bond donors (Lipinski definition) is 1. The van der Waals surface area contributed by atoms with Crippen LogP contribution in [0.5, 0.6) is 11.5 Å². The van der Waals surface area contributed by atoms with Crippen LogP contribution in [0.2, 0.25) is 0 Å². The molecule has 2 N–H and O–H groups in total. The van der Waals surface area contributed by atoms with Gasteiger partial charge in [0.15, 0.2) is 5.75 Å². The van der Waals surface area contributed by atoms with Crippen LogP contribution in [0.3, 0.4) is 0 Å². The van der Waals surface area contributed by atoms with Crippen LogP contribution in [0, 0.1) is 19.7 Å². The number of ether oxygens (including phenoxy) is 1. The minimum Gasteiger partial charge on any atom is -0.453 e. The molecule has 1 aromatic heterocycles. The normalized spacial score (nSPS) is 10.5. The van der Waals surface area contributed by atoms with Crippen molar-refractivity contribution in [3.05, 3.63) is 47.0 Å². The quantitative estimate of drug-likeness (QED) is 0.854. The summed E-state index contributed by atoms with van der Waals surface area (Å²) in [7, 11) is 0. The Bertz CT molecular complexity index is 611. The maximum Gasteiger partial charge on any atom is 0.150 e. The molecule has 0 unspecified atom stereocenters. The van der Waals surface area contributed by atoms with E-state index in [-0.39, 0.29) is 11.5 Å². The van der Waals surface area contributed by atoms with Gasteiger partial charge in [-0.2, -0.15) is 0 Å². The Morgan fingerprint density at radius 3 is 2.63 bits per heavy atom. The van der Waals surface area contributed by atoms with Crippen molar-refractivity contribution in [2.24, 2.45) is 0 Å². The van der Waals surface area contributed by atoms with Crippen LogP contribution in [-0.2, 0) is 6.42 Å². The van der Waals surface area contributed by atoms with Crippen LogP contribution in [0.15, 0.2) is 24.3 Å². The molecule has 1 heterocycles. The van der Waals surface area contributed by atoms with Gasteiger partial charge < -0.3 is 10.5 Å². The van der Waals surface area contributed by atoms with Gasteiger partial charge >= 0.3 is 0 Å². The van der Waals surface area contributed by atoms with Gasteiger partial charge in [-0.25, -0.2) is 4.39 Å². The van der Waals surface area contributed by atoms with E-state index in [1.165, 1.54) is 6.07 Å². The second-order valence-corrected chi connectivity index (χ2v) is 4.49. The Morgan fingerprint density at radius 1 is 1.21 bits per heavy atom. The third kappa shape index (κ3) is 2.84. The average Bonchev–Trinajstić information content (AvgIpc) is 2.37. The molecule has 2 aromatic rings. The van der Waals surface area contributed by atoms with E-state index in [0.29, 0.717) is 17.1 Å². The SMILES string of the molecule is CCc1nc(C)ccc1Oc1cc(C)c(F)cc1N. The Labute approximate surface area is 112 Å². The highest BCUT2D eigenvalue weighted by Crippen LogP contribution is 2.31. The number of aromatic nitrogens is 1. The molecule has 19 heavy (non-hydrogen) atoms. The topological polar surface area (TPSA) is 48.1 Å². The molecule has 0 saturated heterocycles. The molecule has 0 bridgehead atoms. The van der Waals surface area contributed by atoms with Crippen molar-refractivity contribution in [3.63, 3.8) is 0 Å². The van der Waals surface area contributed by atoms with Gasteiger partial charge in [0, 0.05) is 11.8 Å². The summed E-state index contributed by atoms with van der Waals surface area (Å²) in [5.74, 6) is 0.785. The summed E-state index contributed by atoms with van der Waals surface area (Å²) in [5.41, 5.74) is 8.36. The largest absolute Gasteiger partial charge is 0.453 e. The van der Waals surface area contributed by atoms with Crippen molar-refractivity contribution >= 4 is 5.69 Å². The van der Waals surface area contributed by atoms with E-state index >= 15 is 0 Å². The minimum absolute atomic E-state index is 0.283. The van der Waals surface area contributed by atoms with Gasteiger partial charge in [-0.05, 0) is 44.0 Å². The number of rotatable bonds is 3. The molecule has 0 radical (unpaired) electrons. The molecule has 0 aliphatic carbocycles. The first-order valence-electron chi connectivity index (χ1n) is 6.21. The molecule has 2 rings (SSSR count). The summed E-state index contributed by atoms with van der Waals surface area (Å²) in [6, 6.07) is 6.61. The van der Waals surface area contributed by atoms with Crippen LogP contribution in [0.25, 0.3) is 0 Å². The molecule has 0 spiro atoms. The van der Waals surface area contributed by atoms with E-state index < -0.39 is 0 Å². The number of nitrogen functional groups attached to an aromatic ring is 1. The van der Waals surface area contributed by atoms with Crippen molar-refractivity contribution in [2.45, 2.75) is 27.2 Å². The third-order valence-corrected chi connectivity index (χ3v) is 2.92. The van der Waals surface area contributed by atoms with Gasteiger partial charge in [-0.1, -0.05) is 6.92 Å². The molecule has 100 valence electrons. The Morgan fingerprint density at radius 2 is 1.95 bits per heavy atom. The van der Waals surface area contributed by atoms with E-state index in [2.05, 4.69) is 4.98 Å². The standard InChI is InChI=1S/C15H17FN2O/c1-4-13-14(6-5-10(3)18-13)19-15-7-9(2)11(16)8-12(15)17/h5-8H,4,17H2,1-3H3. The maximum atomic E-state index is 13.3. The minimum atomic E-state index is -0.331. The maximum absolute atomic E-state index is 13.3. The number of halogens is 1. The average molecular weight is 260 g/mol. The van der Waals surface area contributed by atoms with Crippen LogP contribution >= 0.6 is 0 Å². The van der Waals surface area contributed by atoms with E-state index in [1.807, 2.05) is 26.0 Å². The van der Waals surface area contributed by atoms with Gasteiger partial charge in [0.1, 0.15) is 11.6 Å². The number of nitrogens with two attached hydrogens (primary N) is 1. The zero-order valence-corrected chi connectivity index (χ0v) is 11.3. The predicted molar refractivity (Wildman–Crippen MR) is 74.0 cm³/mol. The van der Waals surface area contributed by atoms with Gasteiger partial charge in [0.2, 0.25) is 0 Å². The van der Waals surface area contributed by atoms with E-state index in [1.54, 1.807) is 13.0 Å². The molecule has 1 aromatic carbocycles. The third-order valence-electron chi connectivity index (χ3n) is 2.92. The molecule has 0 aliphatic rings. The monoisotopic (exact) mass is 260 g/mol. The number of aryl methyl sites for hydroxylation is 3. The Balaban J connectivity index is 2.39. The second-order valence-electron chi connectivity index (χ2n) is 4.49. The zero-order chi connectivity index (χ0) is 14.0. The fraction of sp³-hybridized carbons (Fsp3) is 0.267. The molecule has 0 fully saturated rings. The van der Waals surface area contributed by atoms with Gasteiger partial charge in [-0.15, -0.1) is 0 Å². The molecule has 0 amide bonds. The molecular formula is C15H17FN2O. The highest BCUT2D eigenvalue weighted by atomic mass is 19.1. The lowest BCUT2D eigenvalue weighted by Crippen LogP contribution is -1.99. The molecule has 0 saturated carbocycles. The lowest BCUT2D eigenvalue weighted by Gasteiger charge is -2.12. The van der Waals surface area contributed by atoms with Gasteiger partial charge in [0.05, 0.1) is 11.4 Å². The summed E-state index contributed by atoms with van der Waals surface area (Å²) in [5, 5.41) is 0. The lowest BCUT2D eigenvalue weighted by molar-refractivity contribution is 0.472. The smallest absolute Gasteiger partial charge is 0.150 e. The lowest BCUT2D eigenvalue weighted by atomic mass is 10.2. The Hall–Kier alpha value is -2.10. The highest BCUT2D eigenvalue weighted by molar-refractivity contribution is 5.56.